The molecule has 2 N–H and O–H groups in total. The molecule has 2 aromatic rings. The SMILES string of the molecule is CCCCOc1cc(C(F)(F)F)ccc1C=CC(=O)N[C@H](C)c1cc(F)c(NS(C)(=O)=O)c(F)c1. The van der Waals surface area contributed by atoms with Gasteiger partial charge in [-0.3, -0.25) is 9.52 Å². The van der Waals surface area contributed by atoms with E-state index < -0.39 is 51.0 Å². The highest BCUT2D eigenvalue weighted by Gasteiger charge is 2.31. The van der Waals surface area contributed by atoms with Gasteiger partial charge >= 0.3 is 6.18 Å². The van der Waals surface area contributed by atoms with Crippen LogP contribution in [0.1, 0.15) is 49.4 Å². The Kier molecular flexibility index (Phi) is 9.24. The average Bonchev–Trinajstić information content (AvgIpc) is 2.74. The predicted octanol–water partition coefficient (Wildman–Crippen LogP) is 5.42. The fraction of sp³-hybridized carbons (Fsp3) is 0.348. The minimum absolute atomic E-state index is 0.0268. The van der Waals surface area contributed by atoms with Gasteiger partial charge in [-0.25, -0.2) is 17.2 Å². The highest BCUT2D eigenvalue weighted by Crippen LogP contribution is 2.33. The standard InChI is InChI=1S/C23H25F5N2O4S/c1-4-5-10-34-20-13-17(23(26,27)28)8-6-15(20)7-9-21(31)29-14(2)16-11-18(24)22(19(25)12-16)30-35(3,32)33/h6-9,11-14,30H,4-5,10H2,1-3H3,(H,29,31)/t14-/m1/s1. The maximum atomic E-state index is 14.2. The van der Waals surface area contributed by atoms with Gasteiger partial charge in [-0.05, 0) is 49.2 Å². The number of ether oxygens (including phenoxy) is 1. The molecule has 0 aliphatic heterocycles. The molecule has 0 aromatic heterocycles. The molecule has 0 bridgehead atoms. The van der Waals surface area contributed by atoms with Crippen LogP contribution in [0, 0.1) is 11.6 Å². The molecule has 1 amide bonds. The Morgan fingerprint density at radius 1 is 1.14 bits per heavy atom. The number of nitrogens with one attached hydrogen (secondary N) is 2. The maximum absolute atomic E-state index is 14.2. The zero-order valence-corrected chi connectivity index (χ0v) is 20.0. The van der Waals surface area contributed by atoms with Crippen molar-refractivity contribution in [3.05, 3.63) is 64.7 Å². The Morgan fingerprint density at radius 3 is 2.31 bits per heavy atom. The predicted molar refractivity (Wildman–Crippen MR) is 122 cm³/mol. The third kappa shape index (κ3) is 8.53. The van der Waals surface area contributed by atoms with Crippen molar-refractivity contribution in [2.24, 2.45) is 0 Å². The van der Waals surface area contributed by atoms with Crippen molar-refractivity contribution in [2.75, 3.05) is 17.6 Å². The summed E-state index contributed by atoms with van der Waals surface area (Å²) in [5.74, 6) is -3.05. The van der Waals surface area contributed by atoms with Crippen LogP contribution < -0.4 is 14.8 Å². The van der Waals surface area contributed by atoms with E-state index in [4.69, 9.17) is 4.74 Å². The lowest BCUT2D eigenvalue weighted by molar-refractivity contribution is -0.137. The van der Waals surface area contributed by atoms with Crippen molar-refractivity contribution in [1.29, 1.82) is 0 Å². The van der Waals surface area contributed by atoms with Gasteiger partial charge in [0.2, 0.25) is 15.9 Å². The quantitative estimate of drug-likeness (QED) is 0.249. The van der Waals surface area contributed by atoms with Crippen LogP contribution in [0.4, 0.5) is 27.6 Å². The number of unbranched alkanes of at least 4 members (excludes halogenated alkanes) is 1. The summed E-state index contributed by atoms with van der Waals surface area (Å²) in [6.07, 6.45) is -0.0947. The van der Waals surface area contributed by atoms with E-state index in [0.29, 0.717) is 6.42 Å². The van der Waals surface area contributed by atoms with Crippen LogP contribution in [0.3, 0.4) is 0 Å². The largest absolute Gasteiger partial charge is 0.493 e. The van der Waals surface area contributed by atoms with Gasteiger partial charge in [-0.2, -0.15) is 13.2 Å². The van der Waals surface area contributed by atoms with Gasteiger partial charge in [0.1, 0.15) is 11.4 Å². The molecule has 0 fully saturated rings. The van der Waals surface area contributed by atoms with Crippen LogP contribution in [-0.4, -0.2) is 27.2 Å². The van der Waals surface area contributed by atoms with Crippen molar-refractivity contribution < 1.29 is 39.9 Å². The molecule has 0 heterocycles. The van der Waals surface area contributed by atoms with Gasteiger partial charge in [0.15, 0.2) is 11.6 Å². The lowest BCUT2D eigenvalue weighted by atomic mass is 10.1. The molecule has 0 saturated carbocycles. The second kappa shape index (κ2) is 11.5. The first-order valence-corrected chi connectivity index (χ1v) is 12.4. The molecule has 192 valence electrons. The highest BCUT2D eigenvalue weighted by atomic mass is 32.2. The summed E-state index contributed by atoms with van der Waals surface area (Å²) in [6.45, 7) is 3.54. The van der Waals surface area contributed by atoms with Crippen molar-refractivity contribution >= 4 is 27.7 Å². The summed E-state index contributed by atoms with van der Waals surface area (Å²) in [5, 5.41) is 2.48. The molecule has 0 radical (unpaired) electrons. The van der Waals surface area contributed by atoms with Crippen molar-refractivity contribution in [2.45, 2.75) is 38.9 Å². The van der Waals surface area contributed by atoms with Crippen LogP contribution in [0.25, 0.3) is 6.08 Å². The molecular weight excluding hydrogens is 495 g/mol. The average molecular weight is 521 g/mol. The van der Waals surface area contributed by atoms with Crippen LogP contribution >= 0.6 is 0 Å². The summed E-state index contributed by atoms with van der Waals surface area (Å²) >= 11 is 0. The maximum Gasteiger partial charge on any atom is 0.416 e. The molecule has 1 atom stereocenters. The highest BCUT2D eigenvalue weighted by molar-refractivity contribution is 7.92. The fourth-order valence-electron chi connectivity index (χ4n) is 2.94. The van der Waals surface area contributed by atoms with Crippen LogP contribution in [0.15, 0.2) is 36.4 Å². The number of carbonyl (C=O) groups is 1. The summed E-state index contributed by atoms with van der Waals surface area (Å²) in [6, 6.07) is 3.77. The van der Waals surface area contributed by atoms with Gasteiger partial charge in [0.25, 0.3) is 0 Å². The number of anilines is 1. The Hall–Kier alpha value is -3.15. The summed E-state index contributed by atoms with van der Waals surface area (Å²) in [5.41, 5.74) is -1.46. The topological polar surface area (TPSA) is 84.5 Å². The molecule has 0 saturated heterocycles. The lowest BCUT2D eigenvalue weighted by Crippen LogP contribution is -2.25. The first-order valence-electron chi connectivity index (χ1n) is 10.5. The molecular formula is C23H25F5N2O4S. The molecule has 2 aromatic carbocycles. The van der Waals surface area contributed by atoms with E-state index in [2.05, 4.69) is 5.32 Å². The number of hydrogen-bond acceptors (Lipinski definition) is 4. The summed E-state index contributed by atoms with van der Waals surface area (Å²) < 4.78 is 97.2. The fourth-order valence-corrected chi connectivity index (χ4v) is 3.50. The van der Waals surface area contributed by atoms with Crippen LogP contribution in [0.5, 0.6) is 5.75 Å². The number of benzene rings is 2. The number of amides is 1. The van der Waals surface area contributed by atoms with Crippen LogP contribution in [0.2, 0.25) is 0 Å². The van der Waals surface area contributed by atoms with E-state index in [-0.39, 0.29) is 23.5 Å². The first kappa shape index (κ1) is 28.1. The van der Waals surface area contributed by atoms with Crippen LogP contribution in [-0.2, 0) is 21.0 Å². The van der Waals surface area contributed by atoms with Gasteiger partial charge in [-0.15, -0.1) is 0 Å². The molecule has 0 spiro atoms. The number of rotatable bonds is 10. The molecule has 0 aliphatic rings. The van der Waals surface area contributed by atoms with E-state index in [1.807, 2.05) is 6.92 Å². The van der Waals surface area contributed by atoms with E-state index in [1.54, 1.807) is 4.72 Å². The van der Waals surface area contributed by atoms with Gasteiger partial charge in [0.05, 0.1) is 24.5 Å². The normalized spacial score (nSPS) is 13.0. The second-order valence-electron chi connectivity index (χ2n) is 7.75. The molecule has 35 heavy (non-hydrogen) atoms. The third-order valence-electron chi connectivity index (χ3n) is 4.72. The minimum atomic E-state index is -4.56. The second-order valence-corrected chi connectivity index (χ2v) is 9.50. The Morgan fingerprint density at radius 2 is 1.77 bits per heavy atom. The van der Waals surface area contributed by atoms with Gasteiger partial charge < -0.3 is 10.1 Å². The van der Waals surface area contributed by atoms with E-state index >= 15 is 0 Å². The molecule has 2 rings (SSSR count). The van der Waals surface area contributed by atoms with Gasteiger partial charge in [0, 0.05) is 11.6 Å². The number of halogens is 5. The lowest BCUT2D eigenvalue weighted by Gasteiger charge is -2.15. The zero-order chi connectivity index (χ0) is 26.4. The Balaban J connectivity index is 2.18. The van der Waals surface area contributed by atoms with Crippen molar-refractivity contribution in [3.8, 4) is 5.75 Å². The van der Waals surface area contributed by atoms with E-state index in [9.17, 15) is 35.2 Å². The molecule has 12 heteroatoms. The van der Waals surface area contributed by atoms with Gasteiger partial charge in [-0.1, -0.05) is 19.4 Å². The number of hydrogen-bond donors (Lipinski definition) is 2. The summed E-state index contributed by atoms with van der Waals surface area (Å²) in [4.78, 5) is 12.3. The van der Waals surface area contributed by atoms with Crippen molar-refractivity contribution in [1.82, 2.24) is 5.32 Å². The van der Waals surface area contributed by atoms with Crippen molar-refractivity contribution in [3.63, 3.8) is 0 Å². The van der Waals surface area contributed by atoms with E-state index in [1.165, 1.54) is 19.1 Å². The third-order valence-corrected chi connectivity index (χ3v) is 5.30. The molecule has 6 nitrogen and oxygen atoms in total. The van der Waals surface area contributed by atoms with E-state index in [0.717, 1.165) is 43.0 Å². The Bertz CT molecular complexity index is 1170. The Labute approximate surface area is 200 Å². The minimum Gasteiger partial charge on any atom is -0.493 e. The first-order chi connectivity index (χ1) is 16.2. The smallest absolute Gasteiger partial charge is 0.416 e. The number of sulfonamides is 1. The zero-order valence-electron chi connectivity index (χ0n) is 19.2. The molecule has 0 aliphatic carbocycles. The molecule has 0 unspecified atom stereocenters. The number of alkyl halides is 3. The number of carbonyl (C=O) groups excluding carboxylic acids is 1. The summed E-state index contributed by atoms with van der Waals surface area (Å²) in [7, 11) is -3.91. The monoisotopic (exact) mass is 520 g/mol.